The highest BCUT2D eigenvalue weighted by atomic mass is 16.6. The minimum atomic E-state index is -0.411. The van der Waals surface area contributed by atoms with Gasteiger partial charge in [-0.05, 0) is 31.2 Å². The van der Waals surface area contributed by atoms with Crippen LogP contribution in [0.15, 0.2) is 35.1 Å². The van der Waals surface area contributed by atoms with E-state index in [1.54, 1.807) is 31.2 Å². The van der Waals surface area contributed by atoms with E-state index in [1.807, 2.05) is 0 Å². The molecular formula is C15H17N3O4. The molecule has 2 aromatic rings. The summed E-state index contributed by atoms with van der Waals surface area (Å²) in [6.07, 6.45) is 0. The summed E-state index contributed by atoms with van der Waals surface area (Å²) in [5.41, 5.74) is 1.52. The monoisotopic (exact) mass is 303 g/mol. The molecule has 22 heavy (non-hydrogen) atoms. The van der Waals surface area contributed by atoms with Gasteiger partial charge in [-0.2, -0.15) is 0 Å². The van der Waals surface area contributed by atoms with E-state index in [9.17, 15) is 9.59 Å². The summed E-state index contributed by atoms with van der Waals surface area (Å²) in [6, 6.07) is 8.07. The van der Waals surface area contributed by atoms with Gasteiger partial charge in [0.2, 0.25) is 5.95 Å². The Hall–Kier alpha value is -2.67. The van der Waals surface area contributed by atoms with Crippen LogP contribution in [0.25, 0.3) is 0 Å². The van der Waals surface area contributed by atoms with Crippen molar-refractivity contribution in [3.63, 3.8) is 0 Å². The topological polar surface area (TPSA) is 93.3 Å². The summed E-state index contributed by atoms with van der Waals surface area (Å²) in [5.74, 6) is -0.0638. The zero-order valence-corrected chi connectivity index (χ0v) is 12.4. The number of anilines is 2. The van der Waals surface area contributed by atoms with Gasteiger partial charge < -0.3 is 14.8 Å². The molecule has 1 aromatic heterocycles. The van der Waals surface area contributed by atoms with E-state index in [-0.39, 0.29) is 12.2 Å². The lowest BCUT2D eigenvalue weighted by Gasteiger charge is -2.07. The Morgan fingerprint density at radius 1 is 1.27 bits per heavy atom. The third kappa shape index (κ3) is 4.42. The van der Waals surface area contributed by atoms with Crippen LogP contribution in [0.5, 0.6) is 0 Å². The van der Waals surface area contributed by atoms with E-state index in [1.165, 1.54) is 13.2 Å². The second-order valence-electron chi connectivity index (χ2n) is 4.57. The number of carbonyl (C=O) groups is 1. The summed E-state index contributed by atoms with van der Waals surface area (Å²) < 4.78 is 9.82. The fourth-order valence-corrected chi connectivity index (χ4v) is 1.77. The number of rotatable bonds is 6. The molecule has 0 aliphatic rings. The fourth-order valence-electron chi connectivity index (χ4n) is 1.77. The van der Waals surface area contributed by atoms with E-state index in [0.717, 1.165) is 0 Å². The van der Waals surface area contributed by atoms with Gasteiger partial charge in [0.1, 0.15) is 6.61 Å². The van der Waals surface area contributed by atoms with E-state index in [2.05, 4.69) is 15.3 Å². The molecule has 2 rings (SSSR count). The van der Waals surface area contributed by atoms with Crippen molar-refractivity contribution < 1.29 is 14.3 Å². The van der Waals surface area contributed by atoms with E-state index < -0.39 is 5.97 Å². The molecule has 7 heteroatoms. The molecule has 2 N–H and O–H groups in total. The lowest BCUT2D eigenvalue weighted by atomic mass is 10.2. The number of hydrogen-bond donors (Lipinski definition) is 2. The number of aromatic amines is 1. The first kappa shape index (κ1) is 15.7. The first-order valence-electron chi connectivity index (χ1n) is 6.69. The van der Waals surface area contributed by atoms with Gasteiger partial charge in [-0.1, -0.05) is 0 Å². The van der Waals surface area contributed by atoms with Crippen LogP contribution in [0, 0.1) is 6.92 Å². The highest BCUT2D eigenvalue weighted by Gasteiger charge is 2.07. The number of ether oxygens (including phenoxy) is 2. The zero-order valence-electron chi connectivity index (χ0n) is 12.4. The van der Waals surface area contributed by atoms with Crippen LogP contribution in [-0.2, 0) is 9.47 Å². The molecule has 0 saturated carbocycles. The fraction of sp³-hybridized carbons (Fsp3) is 0.267. The summed E-state index contributed by atoms with van der Waals surface area (Å²) in [6.45, 7) is 2.31. The van der Waals surface area contributed by atoms with E-state index >= 15 is 0 Å². The average molecular weight is 303 g/mol. The second-order valence-corrected chi connectivity index (χ2v) is 4.57. The quantitative estimate of drug-likeness (QED) is 0.622. The Balaban J connectivity index is 2.02. The molecule has 0 aliphatic heterocycles. The third-order valence-corrected chi connectivity index (χ3v) is 2.77. The van der Waals surface area contributed by atoms with Crippen molar-refractivity contribution in [2.24, 2.45) is 0 Å². The molecule has 0 unspecified atom stereocenters. The summed E-state index contributed by atoms with van der Waals surface area (Å²) in [5, 5.41) is 2.97. The van der Waals surface area contributed by atoms with Gasteiger partial charge in [-0.25, -0.2) is 9.78 Å². The smallest absolute Gasteiger partial charge is 0.338 e. The maximum absolute atomic E-state index is 11.7. The normalized spacial score (nSPS) is 10.3. The molecule has 1 heterocycles. The number of H-pyrrole nitrogens is 1. The molecule has 0 bridgehead atoms. The van der Waals surface area contributed by atoms with Gasteiger partial charge in [-0.15, -0.1) is 0 Å². The van der Waals surface area contributed by atoms with Gasteiger partial charge in [-0.3, -0.25) is 9.78 Å². The summed E-state index contributed by atoms with van der Waals surface area (Å²) >= 11 is 0. The number of hydrogen-bond acceptors (Lipinski definition) is 6. The second kappa shape index (κ2) is 7.37. The number of carbonyl (C=O) groups excluding carboxylic acids is 1. The number of esters is 1. The van der Waals surface area contributed by atoms with Crippen LogP contribution < -0.4 is 10.9 Å². The number of nitrogens with zero attached hydrogens (tertiary/aromatic N) is 1. The lowest BCUT2D eigenvalue weighted by molar-refractivity contribution is 0.0388. The highest BCUT2D eigenvalue weighted by molar-refractivity contribution is 5.89. The van der Waals surface area contributed by atoms with Crippen molar-refractivity contribution >= 4 is 17.6 Å². The number of nitrogens with one attached hydrogen (secondary N) is 2. The molecule has 0 aliphatic carbocycles. The summed E-state index contributed by atoms with van der Waals surface area (Å²) in [7, 11) is 1.54. The van der Waals surface area contributed by atoms with Gasteiger partial charge in [0.05, 0.1) is 12.2 Å². The van der Waals surface area contributed by atoms with Crippen molar-refractivity contribution in [1.29, 1.82) is 0 Å². The maximum atomic E-state index is 11.7. The molecule has 116 valence electrons. The molecule has 0 amide bonds. The van der Waals surface area contributed by atoms with E-state index in [0.29, 0.717) is 29.5 Å². The van der Waals surface area contributed by atoms with Crippen LogP contribution in [0.4, 0.5) is 11.6 Å². The average Bonchev–Trinajstić information content (AvgIpc) is 2.47. The Kier molecular flexibility index (Phi) is 5.26. The third-order valence-electron chi connectivity index (χ3n) is 2.77. The first-order chi connectivity index (χ1) is 10.6. The van der Waals surface area contributed by atoms with Crippen LogP contribution >= 0.6 is 0 Å². The van der Waals surface area contributed by atoms with Crippen molar-refractivity contribution in [3.8, 4) is 0 Å². The summed E-state index contributed by atoms with van der Waals surface area (Å²) in [4.78, 5) is 29.8. The molecule has 0 saturated heterocycles. The Bertz CT molecular complexity index is 695. The maximum Gasteiger partial charge on any atom is 0.338 e. The first-order valence-corrected chi connectivity index (χ1v) is 6.69. The Labute approximate surface area is 127 Å². The highest BCUT2D eigenvalue weighted by Crippen LogP contribution is 2.14. The molecule has 7 nitrogen and oxygen atoms in total. The van der Waals surface area contributed by atoms with Gasteiger partial charge >= 0.3 is 5.97 Å². The predicted molar refractivity (Wildman–Crippen MR) is 81.5 cm³/mol. The number of methoxy groups -OCH3 is 1. The number of benzene rings is 1. The van der Waals surface area contributed by atoms with E-state index in [4.69, 9.17) is 9.47 Å². The van der Waals surface area contributed by atoms with Gasteiger partial charge in [0.15, 0.2) is 0 Å². The molecule has 0 atom stereocenters. The van der Waals surface area contributed by atoms with Gasteiger partial charge in [0, 0.05) is 24.6 Å². The largest absolute Gasteiger partial charge is 0.460 e. The standard InChI is InChI=1S/C15H17N3O4/c1-10-9-13(19)18-15(16-10)17-12-5-3-11(4-6-12)14(20)22-8-7-21-2/h3-6,9H,7-8H2,1-2H3,(H2,16,17,18,19). The Morgan fingerprint density at radius 2 is 2.00 bits per heavy atom. The Morgan fingerprint density at radius 3 is 2.64 bits per heavy atom. The molecule has 1 aromatic carbocycles. The van der Waals surface area contributed by atoms with Crippen molar-refractivity contribution in [2.45, 2.75) is 6.92 Å². The molecule has 0 spiro atoms. The molecular weight excluding hydrogens is 286 g/mol. The van der Waals surface area contributed by atoms with Gasteiger partial charge in [0.25, 0.3) is 5.56 Å². The number of aryl methyl sites for hydroxylation is 1. The lowest BCUT2D eigenvalue weighted by Crippen LogP contribution is -2.11. The van der Waals surface area contributed by atoms with Crippen LogP contribution in [0.2, 0.25) is 0 Å². The van der Waals surface area contributed by atoms with Crippen LogP contribution in [0.3, 0.4) is 0 Å². The van der Waals surface area contributed by atoms with Crippen LogP contribution in [-0.4, -0.2) is 36.3 Å². The molecule has 0 radical (unpaired) electrons. The van der Waals surface area contributed by atoms with Crippen molar-refractivity contribution in [3.05, 3.63) is 51.9 Å². The predicted octanol–water partition coefficient (Wildman–Crippen LogP) is 1.63. The minimum Gasteiger partial charge on any atom is -0.460 e. The van der Waals surface area contributed by atoms with Crippen LogP contribution in [0.1, 0.15) is 16.1 Å². The minimum absolute atomic E-state index is 0.212. The number of aromatic nitrogens is 2. The van der Waals surface area contributed by atoms with Crippen molar-refractivity contribution in [1.82, 2.24) is 9.97 Å². The zero-order chi connectivity index (χ0) is 15.9. The molecule has 0 fully saturated rings. The van der Waals surface area contributed by atoms with Crippen molar-refractivity contribution in [2.75, 3.05) is 25.6 Å². The SMILES string of the molecule is COCCOC(=O)c1ccc(Nc2nc(C)cc(=O)[nH]2)cc1.